The fraction of sp³-hybridized carbons (Fsp3) is 0.231. The standard InChI is InChI=1S/C13H14INO/c1-15-13(8-10-6-7-16-9-10)11-4-2-3-5-12(11)14/h2-7,9,13,15H,8H2,1H3. The topological polar surface area (TPSA) is 25.2 Å². The molecule has 0 saturated heterocycles. The minimum atomic E-state index is 0.339. The number of benzene rings is 1. The largest absolute Gasteiger partial charge is 0.472 e. The van der Waals surface area contributed by atoms with Crippen LogP contribution in [-0.2, 0) is 6.42 Å². The molecule has 1 N–H and O–H groups in total. The number of likely N-dealkylation sites (N-methyl/N-ethyl adjacent to an activating group) is 1. The number of hydrogen-bond donors (Lipinski definition) is 1. The Morgan fingerprint density at radius 1 is 1.31 bits per heavy atom. The third-order valence-electron chi connectivity index (χ3n) is 2.65. The van der Waals surface area contributed by atoms with Crippen LogP contribution in [0.15, 0.2) is 47.3 Å². The summed E-state index contributed by atoms with van der Waals surface area (Å²) in [6.07, 6.45) is 4.48. The molecule has 0 amide bonds. The Hall–Kier alpha value is -0.810. The van der Waals surface area contributed by atoms with Crippen molar-refractivity contribution >= 4 is 22.6 Å². The van der Waals surface area contributed by atoms with Crippen LogP contribution in [0.25, 0.3) is 0 Å². The van der Waals surface area contributed by atoms with Gasteiger partial charge in [-0.05, 0) is 59.3 Å². The van der Waals surface area contributed by atoms with Gasteiger partial charge < -0.3 is 9.73 Å². The van der Waals surface area contributed by atoms with Crippen molar-refractivity contribution in [2.45, 2.75) is 12.5 Å². The molecule has 0 spiro atoms. The van der Waals surface area contributed by atoms with E-state index in [-0.39, 0.29) is 0 Å². The molecule has 0 bridgehead atoms. The number of rotatable bonds is 4. The van der Waals surface area contributed by atoms with Crippen molar-refractivity contribution in [3.63, 3.8) is 0 Å². The molecule has 1 unspecified atom stereocenters. The maximum atomic E-state index is 5.10. The number of halogens is 1. The molecule has 1 aromatic heterocycles. The highest BCUT2D eigenvalue weighted by Gasteiger charge is 2.13. The molecule has 0 aliphatic rings. The van der Waals surface area contributed by atoms with Gasteiger partial charge in [0.1, 0.15) is 0 Å². The molecule has 16 heavy (non-hydrogen) atoms. The molecule has 0 saturated carbocycles. The lowest BCUT2D eigenvalue weighted by Crippen LogP contribution is -2.19. The smallest absolute Gasteiger partial charge is 0.0935 e. The van der Waals surface area contributed by atoms with Gasteiger partial charge in [-0.2, -0.15) is 0 Å². The normalized spacial score (nSPS) is 12.6. The van der Waals surface area contributed by atoms with Crippen LogP contribution >= 0.6 is 22.6 Å². The predicted octanol–water partition coefficient (Wildman–Crippen LogP) is 3.39. The SMILES string of the molecule is CNC(Cc1ccoc1)c1ccccc1I. The van der Waals surface area contributed by atoms with Gasteiger partial charge in [0, 0.05) is 9.61 Å². The molecule has 0 fully saturated rings. The van der Waals surface area contributed by atoms with Crippen LogP contribution in [0.2, 0.25) is 0 Å². The van der Waals surface area contributed by atoms with Crippen LogP contribution in [0.4, 0.5) is 0 Å². The zero-order valence-electron chi connectivity index (χ0n) is 9.11. The van der Waals surface area contributed by atoms with Crippen LogP contribution in [0, 0.1) is 3.57 Å². The second-order valence-electron chi connectivity index (χ2n) is 3.70. The third kappa shape index (κ3) is 2.65. The molecule has 2 aromatic rings. The van der Waals surface area contributed by atoms with E-state index in [9.17, 15) is 0 Å². The summed E-state index contributed by atoms with van der Waals surface area (Å²) in [5.74, 6) is 0. The fourth-order valence-electron chi connectivity index (χ4n) is 1.77. The van der Waals surface area contributed by atoms with Gasteiger partial charge in [-0.25, -0.2) is 0 Å². The Bertz CT molecular complexity index is 439. The Morgan fingerprint density at radius 3 is 2.75 bits per heavy atom. The molecular weight excluding hydrogens is 313 g/mol. The highest BCUT2D eigenvalue weighted by atomic mass is 127. The summed E-state index contributed by atoms with van der Waals surface area (Å²) >= 11 is 2.38. The molecule has 1 atom stereocenters. The average molecular weight is 327 g/mol. The van der Waals surface area contributed by atoms with Crippen LogP contribution < -0.4 is 5.32 Å². The summed E-state index contributed by atoms with van der Waals surface area (Å²) in [6, 6.07) is 10.8. The van der Waals surface area contributed by atoms with Gasteiger partial charge in [0.2, 0.25) is 0 Å². The molecule has 3 heteroatoms. The van der Waals surface area contributed by atoms with Crippen molar-refractivity contribution in [2.24, 2.45) is 0 Å². The Kier molecular flexibility index (Phi) is 4.01. The van der Waals surface area contributed by atoms with E-state index in [0.29, 0.717) is 6.04 Å². The first kappa shape index (κ1) is 11.7. The lowest BCUT2D eigenvalue weighted by molar-refractivity contribution is 0.551. The molecule has 1 heterocycles. The summed E-state index contributed by atoms with van der Waals surface area (Å²) in [7, 11) is 1.99. The minimum absolute atomic E-state index is 0.339. The summed E-state index contributed by atoms with van der Waals surface area (Å²) in [5.41, 5.74) is 2.56. The Balaban J connectivity index is 2.20. The van der Waals surface area contributed by atoms with E-state index in [1.165, 1.54) is 14.7 Å². The highest BCUT2D eigenvalue weighted by Crippen LogP contribution is 2.23. The summed E-state index contributed by atoms with van der Waals surface area (Å²) in [5, 5.41) is 3.35. The van der Waals surface area contributed by atoms with Gasteiger partial charge >= 0.3 is 0 Å². The van der Waals surface area contributed by atoms with Crippen LogP contribution in [-0.4, -0.2) is 7.05 Å². The first-order valence-corrected chi connectivity index (χ1v) is 6.32. The van der Waals surface area contributed by atoms with Gasteiger partial charge in [0.05, 0.1) is 12.5 Å². The zero-order valence-corrected chi connectivity index (χ0v) is 11.3. The zero-order chi connectivity index (χ0) is 11.4. The van der Waals surface area contributed by atoms with Crippen molar-refractivity contribution in [3.8, 4) is 0 Å². The lowest BCUT2D eigenvalue weighted by Gasteiger charge is -2.17. The molecule has 1 aromatic carbocycles. The van der Waals surface area contributed by atoms with Crippen LogP contribution in [0.5, 0.6) is 0 Å². The molecule has 0 aliphatic carbocycles. The Labute approximate surface area is 109 Å². The van der Waals surface area contributed by atoms with Crippen molar-refractivity contribution in [3.05, 3.63) is 57.6 Å². The van der Waals surface area contributed by atoms with E-state index >= 15 is 0 Å². The third-order valence-corrected chi connectivity index (χ3v) is 3.63. The van der Waals surface area contributed by atoms with Crippen molar-refractivity contribution in [1.29, 1.82) is 0 Å². The second-order valence-corrected chi connectivity index (χ2v) is 4.86. The Morgan fingerprint density at radius 2 is 2.12 bits per heavy atom. The maximum Gasteiger partial charge on any atom is 0.0935 e. The molecule has 0 aliphatic heterocycles. The summed E-state index contributed by atoms with van der Waals surface area (Å²) in [6.45, 7) is 0. The van der Waals surface area contributed by atoms with Gasteiger partial charge in [0.25, 0.3) is 0 Å². The van der Waals surface area contributed by atoms with E-state index in [1.807, 2.05) is 13.1 Å². The fourth-order valence-corrected chi connectivity index (χ4v) is 2.53. The summed E-state index contributed by atoms with van der Waals surface area (Å²) < 4.78 is 6.39. The monoisotopic (exact) mass is 327 g/mol. The average Bonchev–Trinajstić information content (AvgIpc) is 2.80. The van der Waals surface area contributed by atoms with Gasteiger partial charge in [-0.15, -0.1) is 0 Å². The lowest BCUT2D eigenvalue weighted by atomic mass is 10.0. The van der Waals surface area contributed by atoms with E-state index < -0.39 is 0 Å². The van der Waals surface area contributed by atoms with Gasteiger partial charge in [-0.3, -0.25) is 0 Å². The quantitative estimate of drug-likeness (QED) is 0.871. The molecule has 84 valence electrons. The van der Waals surface area contributed by atoms with E-state index in [1.54, 1.807) is 12.5 Å². The summed E-state index contributed by atoms with van der Waals surface area (Å²) in [4.78, 5) is 0. The van der Waals surface area contributed by atoms with E-state index in [2.05, 4.69) is 52.2 Å². The van der Waals surface area contributed by atoms with Crippen LogP contribution in [0.3, 0.4) is 0 Å². The highest BCUT2D eigenvalue weighted by molar-refractivity contribution is 14.1. The molecule has 2 nitrogen and oxygen atoms in total. The minimum Gasteiger partial charge on any atom is -0.472 e. The number of hydrogen-bond acceptors (Lipinski definition) is 2. The second kappa shape index (κ2) is 5.50. The predicted molar refractivity (Wildman–Crippen MR) is 73.4 cm³/mol. The molecule has 2 rings (SSSR count). The van der Waals surface area contributed by atoms with E-state index in [4.69, 9.17) is 4.42 Å². The number of furan rings is 1. The van der Waals surface area contributed by atoms with E-state index in [0.717, 1.165) is 6.42 Å². The van der Waals surface area contributed by atoms with Crippen molar-refractivity contribution < 1.29 is 4.42 Å². The molecular formula is C13H14INO. The first-order chi connectivity index (χ1) is 7.81. The van der Waals surface area contributed by atoms with Crippen molar-refractivity contribution in [2.75, 3.05) is 7.05 Å². The molecule has 0 radical (unpaired) electrons. The maximum absolute atomic E-state index is 5.10. The van der Waals surface area contributed by atoms with Gasteiger partial charge in [0.15, 0.2) is 0 Å². The number of nitrogens with one attached hydrogen (secondary N) is 1. The van der Waals surface area contributed by atoms with Gasteiger partial charge in [-0.1, -0.05) is 18.2 Å². The van der Waals surface area contributed by atoms with Crippen LogP contribution in [0.1, 0.15) is 17.2 Å². The first-order valence-electron chi connectivity index (χ1n) is 5.24. The van der Waals surface area contributed by atoms with Crippen molar-refractivity contribution in [1.82, 2.24) is 5.32 Å².